The van der Waals surface area contributed by atoms with Crippen LogP contribution in [-0.4, -0.2) is 55.4 Å². The lowest BCUT2D eigenvalue weighted by Crippen LogP contribution is -2.53. The first kappa shape index (κ1) is 31.3. The zero-order valence-electron chi connectivity index (χ0n) is 23.5. The maximum Gasteiger partial charge on any atom is 0.271 e. The van der Waals surface area contributed by atoms with Gasteiger partial charge in [-0.15, -0.1) is 0 Å². The predicted molar refractivity (Wildman–Crippen MR) is 159 cm³/mol. The van der Waals surface area contributed by atoms with Gasteiger partial charge in [-0.2, -0.15) is 0 Å². The number of non-ortho nitro benzene ring substituents is 1. The molecule has 218 valence electrons. The third kappa shape index (κ3) is 8.87. The topological polar surface area (TPSA) is 130 Å². The molecule has 0 bridgehead atoms. The van der Waals surface area contributed by atoms with E-state index >= 15 is 0 Å². The minimum atomic E-state index is -4.03. The standard InChI is InChI=1S/C30H36N4O6S/c1-4-5-18-31-30(36)28(19-24-13-7-6-8-14-24)32(21-25-15-10-9-12-23(25)2)29(35)22-33(41(3,39)40)26-16-11-17-27(20-26)34(37)38/h6-17,20,28H,4-5,18-19,21-22H2,1-3H3,(H,31,36)/t28-/m1/s1. The van der Waals surface area contributed by atoms with Gasteiger partial charge in [0.15, 0.2) is 0 Å². The fourth-order valence-corrected chi connectivity index (χ4v) is 5.25. The number of carbonyl (C=O) groups excluding carboxylic acids is 2. The first-order valence-corrected chi connectivity index (χ1v) is 15.2. The van der Waals surface area contributed by atoms with Crippen molar-refractivity contribution in [3.05, 3.63) is 106 Å². The van der Waals surface area contributed by atoms with Crippen molar-refractivity contribution in [3.8, 4) is 0 Å². The second-order valence-corrected chi connectivity index (χ2v) is 11.8. The van der Waals surface area contributed by atoms with Gasteiger partial charge in [-0.05, 0) is 36.1 Å². The number of sulfonamides is 1. The number of hydrogen-bond acceptors (Lipinski definition) is 6. The first-order chi connectivity index (χ1) is 19.5. The van der Waals surface area contributed by atoms with E-state index in [1.807, 2.05) is 68.4 Å². The Morgan fingerprint density at radius 2 is 1.68 bits per heavy atom. The summed E-state index contributed by atoms with van der Waals surface area (Å²) in [5.74, 6) is -0.956. The zero-order valence-corrected chi connectivity index (χ0v) is 24.3. The predicted octanol–water partition coefficient (Wildman–Crippen LogP) is 4.23. The Hall–Kier alpha value is -4.25. The monoisotopic (exact) mass is 580 g/mol. The molecule has 0 aromatic heterocycles. The Morgan fingerprint density at radius 3 is 2.32 bits per heavy atom. The average Bonchev–Trinajstić information content (AvgIpc) is 2.94. The van der Waals surface area contributed by atoms with Gasteiger partial charge in [0.2, 0.25) is 21.8 Å². The first-order valence-electron chi connectivity index (χ1n) is 13.4. The SMILES string of the molecule is CCCCNC(=O)[C@@H](Cc1ccccc1)N(Cc1ccccc1C)C(=O)CN(c1cccc([N+](=O)[O-])c1)S(C)(=O)=O. The number of nitro groups is 1. The third-order valence-electron chi connectivity index (χ3n) is 6.71. The molecule has 0 saturated carbocycles. The second kappa shape index (κ2) is 14.4. The molecule has 0 fully saturated rings. The highest BCUT2D eigenvalue weighted by Crippen LogP contribution is 2.24. The van der Waals surface area contributed by atoms with Gasteiger partial charge in [0.1, 0.15) is 12.6 Å². The number of nitrogens with zero attached hydrogens (tertiary/aromatic N) is 3. The molecule has 11 heteroatoms. The molecule has 1 N–H and O–H groups in total. The van der Waals surface area contributed by atoms with Gasteiger partial charge >= 0.3 is 0 Å². The van der Waals surface area contributed by atoms with Crippen molar-refractivity contribution in [2.24, 2.45) is 0 Å². The van der Waals surface area contributed by atoms with E-state index in [0.29, 0.717) is 6.54 Å². The summed E-state index contributed by atoms with van der Waals surface area (Å²) in [6, 6.07) is 20.9. The molecule has 0 unspecified atom stereocenters. The molecule has 1 atom stereocenters. The van der Waals surface area contributed by atoms with Gasteiger partial charge in [-0.3, -0.25) is 24.0 Å². The molecule has 0 aliphatic carbocycles. The molecule has 0 saturated heterocycles. The van der Waals surface area contributed by atoms with Crippen LogP contribution in [0.15, 0.2) is 78.9 Å². The van der Waals surface area contributed by atoms with Crippen LogP contribution in [0.2, 0.25) is 0 Å². The fourth-order valence-electron chi connectivity index (χ4n) is 4.41. The summed E-state index contributed by atoms with van der Waals surface area (Å²) in [4.78, 5) is 39.8. The largest absolute Gasteiger partial charge is 0.354 e. The van der Waals surface area contributed by atoms with Crippen LogP contribution < -0.4 is 9.62 Å². The number of amides is 2. The lowest BCUT2D eigenvalue weighted by Gasteiger charge is -2.33. The lowest BCUT2D eigenvalue weighted by molar-refractivity contribution is -0.384. The van der Waals surface area contributed by atoms with Crippen LogP contribution in [0.1, 0.15) is 36.5 Å². The fraction of sp³-hybridized carbons (Fsp3) is 0.333. The molecule has 0 spiro atoms. The third-order valence-corrected chi connectivity index (χ3v) is 7.85. The van der Waals surface area contributed by atoms with Gasteiger partial charge in [-0.25, -0.2) is 8.42 Å². The van der Waals surface area contributed by atoms with Crippen LogP contribution in [-0.2, 0) is 32.6 Å². The van der Waals surface area contributed by atoms with E-state index in [1.54, 1.807) is 0 Å². The van der Waals surface area contributed by atoms with Gasteiger partial charge in [-0.1, -0.05) is 74.0 Å². The molecule has 10 nitrogen and oxygen atoms in total. The number of carbonyl (C=O) groups is 2. The Morgan fingerprint density at radius 1 is 1.00 bits per heavy atom. The van der Waals surface area contributed by atoms with Crippen molar-refractivity contribution in [1.29, 1.82) is 0 Å². The molecule has 0 radical (unpaired) electrons. The Balaban J connectivity index is 2.06. The molecule has 3 rings (SSSR count). The second-order valence-electron chi connectivity index (χ2n) is 9.84. The van der Waals surface area contributed by atoms with Gasteiger partial charge in [0, 0.05) is 31.6 Å². The summed E-state index contributed by atoms with van der Waals surface area (Å²) in [5, 5.41) is 14.3. The summed E-state index contributed by atoms with van der Waals surface area (Å²) in [5.41, 5.74) is 2.23. The normalized spacial score (nSPS) is 11.9. The number of aryl methyl sites for hydroxylation is 1. The average molecular weight is 581 g/mol. The number of unbranched alkanes of at least 4 members (excludes halogenated alkanes) is 1. The van der Waals surface area contributed by atoms with Gasteiger partial charge in [0.25, 0.3) is 5.69 Å². The highest BCUT2D eigenvalue weighted by Gasteiger charge is 2.33. The van der Waals surface area contributed by atoms with Crippen molar-refractivity contribution in [3.63, 3.8) is 0 Å². The molecule has 3 aromatic carbocycles. The van der Waals surface area contributed by atoms with E-state index < -0.39 is 33.4 Å². The minimum Gasteiger partial charge on any atom is -0.354 e. The van der Waals surface area contributed by atoms with Gasteiger partial charge in [0.05, 0.1) is 16.9 Å². The Kier molecular flexibility index (Phi) is 11.0. The maximum absolute atomic E-state index is 14.1. The molecular formula is C30H36N4O6S. The number of rotatable bonds is 14. The number of nitro benzene ring substituents is 1. The molecule has 0 heterocycles. The smallest absolute Gasteiger partial charge is 0.271 e. The summed E-state index contributed by atoms with van der Waals surface area (Å²) in [7, 11) is -4.03. The van der Waals surface area contributed by atoms with Crippen LogP contribution >= 0.6 is 0 Å². The summed E-state index contributed by atoms with van der Waals surface area (Å²) < 4.78 is 26.6. The van der Waals surface area contributed by atoms with Crippen molar-refractivity contribution in [2.45, 2.75) is 45.7 Å². The van der Waals surface area contributed by atoms with Crippen molar-refractivity contribution >= 4 is 33.2 Å². The lowest BCUT2D eigenvalue weighted by atomic mass is 10.0. The van der Waals surface area contributed by atoms with E-state index in [4.69, 9.17) is 0 Å². The summed E-state index contributed by atoms with van der Waals surface area (Å²) in [6.45, 7) is 3.78. The van der Waals surface area contributed by atoms with E-state index in [-0.39, 0.29) is 30.2 Å². The molecule has 0 aliphatic heterocycles. The number of hydrogen-bond donors (Lipinski definition) is 1. The van der Waals surface area contributed by atoms with E-state index in [0.717, 1.165) is 46.2 Å². The van der Waals surface area contributed by atoms with Crippen LogP contribution in [0.3, 0.4) is 0 Å². The maximum atomic E-state index is 14.1. The number of anilines is 1. The van der Waals surface area contributed by atoms with E-state index in [9.17, 15) is 28.1 Å². The van der Waals surface area contributed by atoms with Crippen LogP contribution in [0.5, 0.6) is 0 Å². The quantitative estimate of drug-likeness (QED) is 0.173. The van der Waals surface area contributed by atoms with E-state index in [1.165, 1.54) is 23.1 Å². The molecule has 0 aliphatic rings. The zero-order chi connectivity index (χ0) is 30.0. The van der Waals surface area contributed by atoms with Crippen LogP contribution in [0, 0.1) is 17.0 Å². The highest BCUT2D eigenvalue weighted by molar-refractivity contribution is 7.92. The number of nitrogens with one attached hydrogen (secondary N) is 1. The van der Waals surface area contributed by atoms with Crippen molar-refractivity contribution in [1.82, 2.24) is 10.2 Å². The summed E-state index contributed by atoms with van der Waals surface area (Å²) >= 11 is 0. The van der Waals surface area contributed by atoms with Crippen molar-refractivity contribution < 1.29 is 22.9 Å². The molecular weight excluding hydrogens is 544 g/mol. The molecule has 2 amide bonds. The molecule has 41 heavy (non-hydrogen) atoms. The van der Waals surface area contributed by atoms with Crippen LogP contribution in [0.25, 0.3) is 0 Å². The highest BCUT2D eigenvalue weighted by atomic mass is 32.2. The van der Waals surface area contributed by atoms with Crippen molar-refractivity contribution in [2.75, 3.05) is 23.7 Å². The Labute approximate surface area is 241 Å². The minimum absolute atomic E-state index is 0.0158. The summed E-state index contributed by atoms with van der Waals surface area (Å²) in [6.07, 6.45) is 2.79. The van der Waals surface area contributed by atoms with Gasteiger partial charge < -0.3 is 10.2 Å². The Bertz CT molecular complexity index is 1460. The van der Waals surface area contributed by atoms with Crippen LogP contribution in [0.4, 0.5) is 11.4 Å². The molecule has 3 aromatic rings. The van der Waals surface area contributed by atoms with E-state index in [2.05, 4.69) is 5.32 Å². The number of benzene rings is 3.